The Labute approximate surface area is 198 Å². The molecule has 0 saturated carbocycles. The van der Waals surface area contributed by atoms with Crippen LogP contribution in [0.1, 0.15) is 46.2 Å². The quantitative estimate of drug-likeness (QED) is 0.244. The molecule has 0 aliphatic rings. The molecule has 0 aromatic heterocycles. The predicted octanol–water partition coefficient (Wildman–Crippen LogP) is 9.11. The van der Waals surface area contributed by atoms with Gasteiger partial charge in [-0.3, -0.25) is 0 Å². The molecule has 170 valence electrons. The van der Waals surface area contributed by atoms with Crippen LogP contribution in [0.3, 0.4) is 0 Å². The van der Waals surface area contributed by atoms with Gasteiger partial charge in [0.1, 0.15) is 5.82 Å². The fourth-order valence-electron chi connectivity index (χ4n) is 3.80. The largest absolute Gasteiger partial charge is 0.207 e. The summed E-state index contributed by atoms with van der Waals surface area (Å²) in [6.45, 7) is 2.23. The summed E-state index contributed by atoms with van der Waals surface area (Å²) < 4.78 is 41.9. The van der Waals surface area contributed by atoms with Gasteiger partial charge in [-0.2, -0.15) is 0 Å². The lowest BCUT2D eigenvalue weighted by Gasteiger charge is -2.12. The van der Waals surface area contributed by atoms with Crippen LogP contribution in [0, 0.1) is 5.82 Å². The zero-order valence-corrected chi connectivity index (χ0v) is 18.9. The van der Waals surface area contributed by atoms with E-state index >= 15 is 0 Å². The van der Waals surface area contributed by atoms with Crippen molar-refractivity contribution >= 4 is 23.8 Å². The van der Waals surface area contributed by atoms with E-state index < -0.39 is 17.5 Å². The van der Waals surface area contributed by atoms with Gasteiger partial charge in [0.15, 0.2) is 11.7 Å². The van der Waals surface area contributed by atoms with Crippen molar-refractivity contribution in [3.05, 3.63) is 142 Å². The van der Waals surface area contributed by atoms with Crippen molar-refractivity contribution < 1.29 is 13.2 Å². The van der Waals surface area contributed by atoms with Crippen LogP contribution in [0.15, 0.2) is 103 Å². The second-order valence-electron chi connectivity index (χ2n) is 8.35. The first-order valence-electron chi connectivity index (χ1n) is 11.2. The van der Waals surface area contributed by atoms with Crippen molar-refractivity contribution in [3.8, 4) is 0 Å². The van der Waals surface area contributed by atoms with Crippen molar-refractivity contribution in [1.82, 2.24) is 0 Å². The summed E-state index contributed by atoms with van der Waals surface area (Å²) in [6.07, 6.45) is 4.90. The topological polar surface area (TPSA) is 0 Å². The molecule has 0 saturated heterocycles. The third-order valence-electron chi connectivity index (χ3n) is 5.81. The number of hydrogen-bond acceptors (Lipinski definition) is 0. The summed E-state index contributed by atoms with van der Waals surface area (Å²) in [5, 5.41) is 0. The molecule has 0 bridgehead atoms. The van der Waals surface area contributed by atoms with E-state index in [1.54, 1.807) is 12.1 Å². The first-order chi connectivity index (χ1) is 16.5. The van der Waals surface area contributed by atoms with E-state index in [9.17, 15) is 13.2 Å². The van der Waals surface area contributed by atoms with Gasteiger partial charge in [0.2, 0.25) is 0 Å². The molecule has 0 heterocycles. The molecule has 0 nitrogen and oxygen atoms in total. The molecule has 0 N–H and O–H groups in total. The third kappa shape index (κ3) is 5.93. The first-order valence-corrected chi connectivity index (χ1v) is 11.2. The number of hydrogen-bond donors (Lipinski definition) is 0. The fourth-order valence-corrected chi connectivity index (χ4v) is 3.80. The average molecular weight is 455 g/mol. The summed E-state index contributed by atoms with van der Waals surface area (Å²) in [6, 6.07) is 30.1. The number of benzene rings is 4. The van der Waals surface area contributed by atoms with Crippen molar-refractivity contribution in [2.45, 2.75) is 19.3 Å². The van der Waals surface area contributed by atoms with E-state index in [1.807, 2.05) is 18.2 Å². The van der Waals surface area contributed by atoms with Crippen LogP contribution in [0.5, 0.6) is 0 Å². The average Bonchev–Trinajstić information content (AvgIpc) is 2.88. The summed E-state index contributed by atoms with van der Waals surface area (Å²) in [7, 11) is 0. The van der Waals surface area contributed by atoms with Gasteiger partial charge in [-0.15, -0.1) is 0 Å². The third-order valence-corrected chi connectivity index (χ3v) is 5.81. The standard InChI is InChI=1S/C31H25F3/c1-22(26-5-3-2-4-6-26)21-25-11-9-23(10-12-25)7-8-24-13-15-27(16-14-24)30(33)31(34)28-17-19-29(32)20-18-28/h2-20,22H,21H2,1H3/b8-7?,31-30+/t22-/m0/s1. The lowest BCUT2D eigenvalue weighted by Crippen LogP contribution is -1.98. The zero-order valence-electron chi connectivity index (χ0n) is 18.9. The Morgan fingerprint density at radius 2 is 1.12 bits per heavy atom. The van der Waals surface area contributed by atoms with Gasteiger partial charge < -0.3 is 0 Å². The fraction of sp³-hybridized carbons (Fsp3) is 0.0968. The van der Waals surface area contributed by atoms with E-state index in [-0.39, 0.29) is 11.1 Å². The zero-order chi connectivity index (χ0) is 23.9. The van der Waals surface area contributed by atoms with Crippen LogP contribution < -0.4 is 0 Å². The van der Waals surface area contributed by atoms with E-state index in [0.29, 0.717) is 5.92 Å². The molecular formula is C31H25F3. The van der Waals surface area contributed by atoms with Crippen LogP contribution in [0.25, 0.3) is 23.8 Å². The Kier molecular flexibility index (Phi) is 7.44. The van der Waals surface area contributed by atoms with Crippen LogP contribution in [0.2, 0.25) is 0 Å². The summed E-state index contributed by atoms with van der Waals surface area (Å²) >= 11 is 0. The van der Waals surface area contributed by atoms with E-state index in [4.69, 9.17) is 0 Å². The van der Waals surface area contributed by atoms with E-state index in [0.717, 1.165) is 29.7 Å². The SMILES string of the molecule is C[C@@H](Cc1ccc(C=Cc2ccc(/C(F)=C(\F)c3ccc(F)cc3)cc2)cc1)c1ccccc1. The molecule has 0 fully saturated rings. The van der Waals surface area contributed by atoms with Gasteiger partial charge in [0.05, 0.1) is 0 Å². The lowest BCUT2D eigenvalue weighted by molar-refractivity contribution is 0.627. The van der Waals surface area contributed by atoms with Gasteiger partial charge in [0, 0.05) is 11.1 Å². The van der Waals surface area contributed by atoms with Crippen LogP contribution in [0.4, 0.5) is 13.2 Å². The molecule has 3 heteroatoms. The number of rotatable bonds is 7. The van der Waals surface area contributed by atoms with Crippen LogP contribution >= 0.6 is 0 Å². The van der Waals surface area contributed by atoms with Gasteiger partial charge >= 0.3 is 0 Å². The summed E-state index contributed by atoms with van der Waals surface area (Å²) in [5.74, 6) is -2.03. The van der Waals surface area contributed by atoms with Gasteiger partial charge in [-0.05, 0) is 58.9 Å². The van der Waals surface area contributed by atoms with Gasteiger partial charge in [-0.25, -0.2) is 13.2 Å². The minimum Gasteiger partial charge on any atom is -0.207 e. The molecule has 0 spiro atoms. The molecule has 34 heavy (non-hydrogen) atoms. The Morgan fingerprint density at radius 1 is 0.647 bits per heavy atom. The van der Waals surface area contributed by atoms with Gasteiger partial charge in [-0.1, -0.05) is 97.9 Å². The summed E-state index contributed by atoms with van der Waals surface area (Å²) in [5.41, 5.74) is 4.69. The normalized spacial score (nSPS) is 13.1. The Hall–Kier alpha value is -3.85. The van der Waals surface area contributed by atoms with Gasteiger partial charge in [0.25, 0.3) is 0 Å². The monoisotopic (exact) mass is 454 g/mol. The van der Waals surface area contributed by atoms with E-state index in [2.05, 4.69) is 55.5 Å². The van der Waals surface area contributed by atoms with Crippen LogP contribution in [-0.4, -0.2) is 0 Å². The molecule has 0 amide bonds. The van der Waals surface area contributed by atoms with Crippen molar-refractivity contribution in [2.75, 3.05) is 0 Å². The van der Waals surface area contributed by atoms with Crippen molar-refractivity contribution in [2.24, 2.45) is 0 Å². The lowest BCUT2D eigenvalue weighted by atomic mass is 9.93. The summed E-state index contributed by atoms with van der Waals surface area (Å²) in [4.78, 5) is 0. The molecule has 0 unspecified atom stereocenters. The molecule has 0 radical (unpaired) electrons. The highest BCUT2D eigenvalue weighted by Crippen LogP contribution is 2.29. The van der Waals surface area contributed by atoms with Crippen molar-refractivity contribution in [3.63, 3.8) is 0 Å². The minimum absolute atomic E-state index is 0.00415. The van der Waals surface area contributed by atoms with Crippen LogP contribution in [-0.2, 0) is 6.42 Å². The molecule has 1 atom stereocenters. The molecule has 4 aromatic carbocycles. The second-order valence-corrected chi connectivity index (χ2v) is 8.35. The highest BCUT2D eigenvalue weighted by atomic mass is 19.2. The Balaban J connectivity index is 1.40. The van der Waals surface area contributed by atoms with Crippen molar-refractivity contribution in [1.29, 1.82) is 0 Å². The number of halogens is 3. The predicted molar refractivity (Wildman–Crippen MR) is 136 cm³/mol. The molecule has 0 aliphatic heterocycles. The molecular weight excluding hydrogens is 429 g/mol. The second kappa shape index (κ2) is 10.8. The Morgan fingerprint density at radius 3 is 1.65 bits per heavy atom. The highest BCUT2D eigenvalue weighted by Gasteiger charge is 2.11. The highest BCUT2D eigenvalue weighted by molar-refractivity contribution is 5.83. The maximum atomic E-state index is 14.5. The Bertz CT molecular complexity index is 1270. The molecule has 4 aromatic rings. The maximum Gasteiger partial charge on any atom is 0.166 e. The minimum atomic E-state index is -1.01. The smallest absolute Gasteiger partial charge is 0.166 e. The first kappa shape index (κ1) is 23.3. The molecule has 0 aliphatic carbocycles. The maximum absolute atomic E-state index is 14.5. The van der Waals surface area contributed by atoms with E-state index in [1.165, 1.54) is 35.4 Å². The molecule has 4 rings (SSSR count).